The number of ether oxygens (including phenoxy) is 1. The zero-order valence-electron chi connectivity index (χ0n) is 19.4. The first-order valence-electron chi connectivity index (χ1n) is 11.8. The standard InChI is InChI=1S/C24H29N5O5S/c30-24(25-16-18-3-5-20(6-4-18)28-12-14-33-15-13-28)19-2-1-11-29(17-19)35(31,32)23-8-7-22(34-23)21-9-10-26-27-21/h3-10,19H,1-2,11-17H2,(H,25,30)(H,26,27)/t19-/m1/s1. The first-order valence-corrected chi connectivity index (χ1v) is 13.2. The number of amides is 1. The largest absolute Gasteiger partial charge is 0.442 e. The topological polar surface area (TPSA) is 121 Å². The Morgan fingerprint density at radius 3 is 2.63 bits per heavy atom. The van der Waals surface area contributed by atoms with Gasteiger partial charge in [0, 0.05) is 44.6 Å². The highest BCUT2D eigenvalue weighted by molar-refractivity contribution is 7.89. The number of aromatic amines is 1. The molecule has 0 radical (unpaired) electrons. The molecule has 4 heterocycles. The molecule has 186 valence electrons. The van der Waals surface area contributed by atoms with E-state index < -0.39 is 15.9 Å². The molecule has 2 aliphatic rings. The smallest absolute Gasteiger partial charge is 0.276 e. The molecule has 3 aromatic rings. The van der Waals surface area contributed by atoms with Crippen molar-refractivity contribution in [2.24, 2.45) is 5.92 Å². The molecule has 2 aliphatic heterocycles. The third-order valence-electron chi connectivity index (χ3n) is 6.48. The minimum Gasteiger partial charge on any atom is -0.442 e. The van der Waals surface area contributed by atoms with E-state index in [-0.39, 0.29) is 17.5 Å². The Labute approximate surface area is 204 Å². The van der Waals surface area contributed by atoms with E-state index in [0.29, 0.717) is 37.4 Å². The van der Waals surface area contributed by atoms with Crippen LogP contribution in [-0.2, 0) is 26.1 Å². The van der Waals surface area contributed by atoms with Gasteiger partial charge in [-0.2, -0.15) is 9.40 Å². The highest BCUT2D eigenvalue weighted by Crippen LogP contribution is 2.28. The van der Waals surface area contributed by atoms with Gasteiger partial charge >= 0.3 is 0 Å². The van der Waals surface area contributed by atoms with E-state index in [9.17, 15) is 13.2 Å². The predicted molar refractivity (Wildman–Crippen MR) is 129 cm³/mol. The SMILES string of the molecule is O=C(NCc1ccc(N2CCOCC2)cc1)[C@@H]1CCCN(S(=O)(=O)c2ccc(-c3ccn[nH]3)o2)C1. The Bertz CT molecular complexity index is 1230. The van der Waals surface area contributed by atoms with Gasteiger partial charge in [-0.3, -0.25) is 9.89 Å². The molecular weight excluding hydrogens is 470 g/mol. The summed E-state index contributed by atoms with van der Waals surface area (Å²) in [6.07, 6.45) is 2.82. The van der Waals surface area contributed by atoms with Crippen molar-refractivity contribution < 1.29 is 22.4 Å². The van der Waals surface area contributed by atoms with Crippen LogP contribution in [0.4, 0.5) is 5.69 Å². The lowest BCUT2D eigenvalue weighted by Gasteiger charge is -2.30. The van der Waals surface area contributed by atoms with E-state index in [1.165, 1.54) is 10.4 Å². The van der Waals surface area contributed by atoms with Crippen LogP contribution in [0.15, 0.2) is 58.2 Å². The molecule has 1 aromatic carbocycles. The van der Waals surface area contributed by atoms with Crippen LogP contribution < -0.4 is 10.2 Å². The monoisotopic (exact) mass is 499 g/mol. The van der Waals surface area contributed by atoms with Crippen molar-refractivity contribution in [1.29, 1.82) is 0 Å². The van der Waals surface area contributed by atoms with Gasteiger partial charge in [-0.25, -0.2) is 8.42 Å². The summed E-state index contributed by atoms with van der Waals surface area (Å²) in [5.74, 6) is -0.153. The van der Waals surface area contributed by atoms with Crippen LogP contribution in [0.3, 0.4) is 0 Å². The molecule has 2 aromatic heterocycles. The maximum atomic E-state index is 13.1. The molecular formula is C24H29N5O5S. The molecule has 10 nitrogen and oxygen atoms in total. The van der Waals surface area contributed by atoms with Crippen molar-refractivity contribution in [3.63, 3.8) is 0 Å². The van der Waals surface area contributed by atoms with Crippen LogP contribution in [0.1, 0.15) is 18.4 Å². The van der Waals surface area contributed by atoms with E-state index in [4.69, 9.17) is 9.15 Å². The summed E-state index contributed by atoms with van der Waals surface area (Å²) in [4.78, 5) is 15.1. The Morgan fingerprint density at radius 1 is 1.09 bits per heavy atom. The Morgan fingerprint density at radius 2 is 1.89 bits per heavy atom. The molecule has 2 N–H and O–H groups in total. The van der Waals surface area contributed by atoms with E-state index >= 15 is 0 Å². The third-order valence-corrected chi connectivity index (χ3v) is 8.22. The van der Waals surface area contributed by atoms with Crippen LogP contribution in [0.5, 0.6) is 0 Å². The van der Waals surface area contributed by atoms with Crippen LogP contribution in [0.2, 0.25) is 0 Å². The summed E-state index contributed by atoms with van der Waals surface area (Å²) in [6.45, 7) is 4.10. The number of furan rings is 1. The second-order valence-electron chi connectivity index (χ2n) is 8.77. The number of morpholine rings is 1. The van der Waals surface area contributed by atoms with Crippen LogP contribution in [0.25, 0.3) is 11.5 Å². The molecule has 0 bridgehead atoms. The number of aromatic nitrogens is 2. The second-order valence-corrected chi connectivity index (χ2v) is 10.6. The molecule has 0 unspecified atom stereocenters. The van der Waals surface area contributed by atoms with E-state index in [2.05, 4.69) is 32.5 Å². The Balaban J connectivity index is 1.17. The van der Waals surface area contributed by atoms with Gasteiger partial charge < -0.3 is 19.4 Å². The molecule has 0 aliphatic carbocycles. The maximum Gasteiger partial charge on any atom is 0.276 e. The lowest BCUT2D eigenvalue weighted by atomic mass is 9.98. The lowest BCUT2D eigenvalue weighted by Crippen LogP contribution is -2.45. The van der Waals surface area contributed by atoms with Crippen LogP contribution in [0, 0.1) is 5.92 Å². The lowest BCUT2D eigenvalue weighted by molar-refractivity contribution is -0.126. The van der Waals surface area contributed by atoms with Crippen molar-refractivity contribution in [1.82, 2.24) is 19.8 Å². The van der Waals surface area contributed by atoms with Crippen LogP contribution in [-0.4, -0.2) is 68.2 Å². The van der Waals surface area contributed by atoms with Crippen molar-refractivity contribution in [2.45, 2.75) is 24.5 Å². The zero-order chi connectivity index (χ0) is 24.3. The van der Waals surface area contributed by atoms with Gasteiger partial charge in [0.2, 0.25) is 11.0 Å². The first-order chi connectivity index (χ1) is 17.0. The number of rotatable bonds is 7. The number of H-pyrrole nitrogens is 1. The van der Waals surface area contributed by atoms with Crippen LogP contribution >= 0.6 is 0 Å². The molecule has 0 spiro atoms. The molecule has 0 saturated carbocycles. The fourth-order valence-electron chi connectivity index (χ4n) is 4.48. The minimum absolute atomic E-state index is 0.129. The predicted octanol–water partition coefficient (Wildman–Crippen LogP) is 2.22. The normalized spacial score (nSPS) is 19.5. The minimum atomic E-state index is -3.84. The van der Waals surface area contributed by atoms with E-state index in [1.807, 2.05) is 12.1 Å². The number of nitrogens with one attached hydrogen (secondary N) is 2. The number of piperidine rings is 1. The summed E-state index contributed by atoms with van der Waals surface area (Å²) >= 11 is 0. The number of anilines is 1. The number of sulfonamides is 1. The molecule has 5 rings (SSSR count). The summed E-state index contributed by atoms with van der Waals surface area (Å²) in [5, 5.41) is 9.45. The van der Waals surface area contributed by atoms with Gasteiger partial charge in [0.05, 0.1) is 19.1 Å². The van der Waals surface area contributed by atoms with Gasteiger partial charge in [0.1, 0.15) is 5.69 Å². The summed E-state index contributed by atoms with van der Waals surface area (Å²) in [5.41, 5.74) is 2.74. The quantitative estimate of drug-likeness (QED) is 0.511. The number of hydrogen-bond acceptors (Lipinski definition) is 7. The molecule has 11 heteroatoms. The number of hydrogen-bond donors (Lipinski definition) is 2. The molecule has 1 amide bonds. The summed E-state index contributed by atoms with van der Waals surface area (Å²) in [6, 6.07) is 12.9. The first kappa shape index (κ1) is 23.6. The van der Waals surface area contributed by atoms with Gasteiger partial charge in [0.25, 0.3) is 10.0 Å². The average molecular weight is 500 g/mol. The number of carbonyl (C=O) groups is 1. The van der Waals surface area contributed by atoms with E-state index in [0.717, 1.165) is 37.6 Å². The van der Waals surface area contributed by atoms with Crippen molar-refractivity contribution in [2.75, 3.05) is 44.3 Å². The van der Waals surface area contributed by atoms with Crippen molar-refractivity contribution in [3.05, 3.63) is 54.2 Å². The maximum absolute atomic E-state index is 13.1. The number of benzene rings is 1. The van der Waals surface area contributed by atoms with Crippen molar-refractivity contribution >= 4 is 21.6 Å². The molecule has 35 heavy (non-hydrogen) atoms. The fraction of sp³-hybridized carbons (Fsp3) is 0.417. The summed E-state index contributed by atoms with van der Waals surface area (Å²) < 4.78 is 38.6. The van der Waals surface area contributed by atoms with Gasteiger partial charge in [0.15, 0.2) is 5.76 Å². The van der Waals surface area contributed by atoms with Gasteiger partial charge in [-0.05, 0) is 48.7 Å². The third kappa shape index (κ3) is 5.26. The fourth-order valence-corrected chi connectivity index (χ4v) is 5.91. The van der Waals surface area contributed by atoms with Gasteiger partial charge in [-0.15, -0.1) is 0 Å². The Hall–Kier alpha value is -3.15. The average Bonchev–Trinajstić information content (AvgIpc) is 3.61. The number of carbonyl (C=O) groups excluding carboxylic acids is 1. The second kappa shape index (κ2) is 10.2. The van der Waals surface area contributed by atoms with E-state index in [1.54, 1.807) is 18.3 Å². The molecule has 1 atom stereocenters. The number of nitrogens with zero attached hydrogens (tertiary/aromatic N) is 3. The van der Waals surface area contributed by atoms with Gasteiger partial charge in [-0.1, -0.05) is 12.1 Å². The summed E-state index contributed by atoms with van der Waals surface area (Å²) in [7, 11) is -3.84. The zero-order valence-corrected chi connectivity index (χ0v) is 20.2. The molecule has 2 saturated heterocycles. The van der Waals surface area contributed by atoms with Crippen molar-refractivity contribution in [3.8, 4) is 11.5 Å². The highest BCUT2D eigenvalue weighted by atomic mass is 32.2. The highest BCUT2D eigenvalue weighted by Gasteiger charge is 2.35. The Kier molecular flexibility index (Phi) is 6.89. The molecule has 2 fully saturated rings.